The highest BCUT2D eigenvalue weighted by molar-refractivity contribution is 7.15. The minimum Gasteiger partial charge on any atom is -0.282 e. The largest absolute Gasteiger partial charge is 0.416 e. The van der Waals surface area contributed by atoms with Crippen molar-refractivity contribution in [3.05, 3.63) is 286 Å². The van der Waals surface area contributed by atoms with Crippen LogP contribution < -0.4 is 0 Å². The minimum absolute atomic E-state index is 0. The second-order valence-corrected chi connectivity index (χ2v) is 28.3. The lowest BCUT2D eigenvalue weighted by atomic mass is 10.0. The first-order chi connectivity index (χ1) is 55.5. The fourth-order valence-corrected chi connectivity index (χ4v) is 12.9. The molecule has 0 amide bonds. The predicted octanol–water partition coefficient (Wildman–Crippen LogP) is 23.3. The van der Waals surface area contributed by atoms with Crippen LogP contribution in [-0.2, 0) is 24.9 Å². The normalized spacial score (nSPS) is 11.3. The van der Waals surface area contributed by atoms with Gasteiger partial charge >= 0.3 is 18.5 Å². The molecule has 5 N–H and O–H groups in total. The van der Waals surface area contributed by atoms with Crippen LogP contribution in [0.2, 0.25) is 0 Å². The number of hydrogen-bond donors (Lipinski definition) is 5. The van der Waals surface area contributed by atoms with Crippen LogP contribution in [0.3, 0.4) is 0 Å². The first-order valence-electron chi connectivity index (χ1n) is 36.8. The molecule has 16 rings (SSSR count). The van der Waals surface area contributed by atoms with Crippen molar-refractivity contribution in [1.82, 2.24) is 95.8 Å². The first-order valence-corrected chi connectivity index (χ1v) is 37.6. The van der Waals surface area contributed by atoms with Crippen molar-refractivity contribution in [1.29, 1.82) is 0 Å². The predicted molar refractivity (Wildman–Crippen MR) is 438 cm³/mol. The van der Waals surface area contributed by atoms with E-state index in [-0.39, 0.29) is 13.0 Å². The summed E-state index contributed by atoms with van der Waals surface area (Å²) in [5, 5.41) is 34.6. The Morgan fingerprint density at radius 2 is 0.684 bits per heavy atom. The Morgan fingerprint density at radius 3 is 1.10 bits per heavy atom. The number of hydrogen-bond acceptors (Lipinski definition) is 15. The van der Waals surface area contributed by atoms with Crippen molar-refractivity contribution < 1.29 is 39.5 Å². The number of thiophene rings is 1. The minimum atomic E-state index is -4.39. The Hall–Kier alpha value is -13.3. The summed E-state index contributed by atoms with van der Waals surface area (Å²) in [4.78, 5) is 42.5. The molecule has 16 aromatic rings. The van der Waals surface area contributed by atoms with Gasteiger partial charge in [-0.2, -0.15) is 65.0 Å². The van der Waals surface area contributed by atoms with Gasteiger partial charge in [-0.05, 0) is 189 Å². The van der Waals surface area contributed by atoms with E-state index in [0.717, 1.165) is 88.0 Å². The van der Waals surface area contributed by atoms with Crippen LogP contribution >= 0.6 is 11.3 Å². The summed E-state index contributed by atoms with van der Waals surface area (Å²) in [7, 11) is 0. The third-order valence-corrected chi connectivity index (χ3v) is 19.0. The van der Waals surface area contributed by atoms with E-state index < -0.39 is 35.2 Å². The Morgan fingerprint density at radius 1 is 0.299 bits per heavy atom. The molecule has 0 aliphatic heterocycles. The van der Waals surface area contributed by atoms with Gasteiger partial charge in [0.15, 0.2) is 23.3 Å². The van der Waals surface area contributed by atoms with Gasteiger partial charge in [0.05, 0.1) is 50.9 Å². The zero-order valence-corrected chi connectivity index (χ0v) is 65.2. The molecule has 5 aromatic carbocycles. The van der Waals surface area contributed by atoms with Gasteiger partial charge in [-0.15, -0.1) is 11.3 Å². The molecule has 0 unspecified atom stereocenters. The smallest absolute Gasteiger partial charge is 0.282 e. The van der Waals surface area contributed by atoms with Gasteiger partial charge in [-0.1, -0.05) is 154 Å². The molecule has 0 aliphatic rings. The summed E-state index contributed by atoms with van der Waals surface area (Å²) in [5.41, 5.74) is 13.2. The number of unbranched alkanes of at least 4 members (excludes halogenated alkanes) is 3. The van der Waals surface area contributed by atoms with Crippen molar-refractivity contribution >= 4 is 11.3 Å². The summed E-state index contributed by atoms with van der Waals surface area (Å²) in [6.45, 7) is 17.0. The molecule has 0 radical (unpaired) electrons. The lowest BCUT2D eigenvalue weighted by Gasteiger charge is -2.12. The summed E-state index contributed by atoms with van der Waals surface area (Å²) < 4.78 is 116. The van der Waals surface area contributed by atoms with Crippen LogP contribution in [0.5, 0.6) is 0 Å². The topological polar surface area (TPSA) is 259 Å². The maximum atomic E-state index is 13.0. The van der Waals surface area contributed by atoms with Gasteiger partial charge in [0.25, 0.3) is 0 Å². The number of benzene rings is 5. The highest BCUT2D eigenvalue weighted by Crippen LogP contribution is 2.39. The van der Waals surface area contributed by atoms with E-state index in [1.807, 2.05) is 56.4 Å². The molecule has 0 fully saturated rings. The maximum Gasteiger partial charge on any atom is 0.416 e. The van der Waals surface area contributed by atoms with Crippen LogP contribution in [0.25, 0.3) is 124 Å². The summed E-state index contributed by atoms with van der Waals surface area (Å²) in [6, 6.07) is 63.1. The molecule has 29 heteroatoms. The average molecular weight is 1610 g/mol. The fourth-order valence-electron chi connectivity index (χ4n) is 11.9. The molecule has 0 atom stereocenters. The Labute approximate surface area is 673 Å². The van der Waals surface area contributed by atoms with Gasteiger partial charge < -0.3 is 0 Å². The molecule has 117 heavy (non-hydrogen) atoms. The van der Waals surface area contributed by atoms with E-state index in [4.69, 9.17) is 4.98 Å². The van der Waals surface area contributed by atoms with E-state index in [9.17, 15) is 39.5 Å². The van der Waals surface area contributed by atoms with Gasteiger partial charge in [0, 0.05) is 43.3 Å². The fraction of sp³-hybridized carbons (Fsp3) is 0.205. The summed E-state index contributed by atoms with van der Waals surface area (Å²) >= 11 is 1.88. The summed E-state index contributed by atoms with van der Waals surface area (Å²) in [5.74, 6) is 4.95. The highest BCUT2D eigenvalue weighted by Gasteiger charge is 2.34. The van der Waals surface area contributed by atoms with Crippen LogP contribution in [0.4, 0.5) is 39.5 Å². The molecule has 11 aromatic heterocycles. The summed E-state index contributed by atoms with van der Waals surface area (Å²) in [6.07, 6.45) is -6.81. The Bertz CT molecular complexity index is 5820. The monoisotopic (exact) mass is 1610 g/mol. The number of aromatic amines is 5. The Kier molecular flexibility index (Phi) is 27.3. The number of halogens is 9. The number of aryl methyl sites for hydroxylation is 9. The van der Waals surface area contributed by atoms with Crippen molar-refractivity contribution in [2.45, 2.75) is 120 Å². The number of alkyl halides is 9. The molecule has 11 heterocycles. The third-order valence-electron chi connectivity index (χ3n) is 17.8. The number of pyridine rings is 5. The standard InChI is InChI=1S/C25H28N4S.C16H13F3N4.C16H12F3N3.C15H11F3N4.C15H14N4.CH4/c1-4-5-6-7-8-21-13-14-24(30-21)20-15-22(19-11-9-17(2)10-12-19)27-23(16-20)25-26-18(3)28-29-25;1-9-6-7-11(8-12(9)16(17,18)19)13-4-3-5-14(21-13)15-20-10(2)22-23-15;1-10-8-15(22-21-10)14-7-3-6-13(20-14)11-4-2-5-12(9-11)16(17,18)19;1-9-19-14(22-21-9)13-7-3-6-12(20-13)10-4-2-5-11(8-10)15(16,17)18;1-10-6-8-12(9-7-10)13-4-3-5-14(17-13)15-16-11(2)18-19-15;/h9-16H,4-8H2,1-3H3,(H,26,28,29);3-8H,1-2H3,(H,20,22,23);2-9H,1H3,(H,21,22);2-8H,1H3,(H,19,21,22);3-9H,1-2H3,(H,16,18,19);1H4. The van der Waals surface area contributed by atoms with E-state index in [1.165, 1.54) is 77.3 Å². The van der Waals surface area contributed by atoms with Gasteiger partial charge in [0.2, 0.25) is 0 Å². The quantitative estimate of drug-likeness (QED) is 0.0445. The zero-order chi connectivity index (χ0) is 82.3. The Balaban J connectivity index is 0.000000144. The van der Waals surface area contributed by atoms with Crippen LogP contribution in [-0.4, -0.2) is 95.8 Å². The van der Waals surface area contributed by atoms with E-state index >= 15 is 0 Å². The number of H-pyrrole nitrogens is 5. The number of aromatic nitrogens is 19. The molecule has 598 valence electrons. The van der Waals surface area contributed by atoms with E-state index in [2.05, 4.69) is 184 Å². The SMILES string of the molecule is C.CCCCCCc1ccc(-c2cc(-c3ccc(C)cc3)nc(-c3n[nH]c(C)n3)c2)s1.Cc1cc(-c2cccc(-c3cccc(C(F)(F)F)c3)n2)n[nH]1.Cc1ccc(-c2cccc(-c3n[nH]c(C)n3)n2)cc1.Cc1nc(-c2cccc(-c3ccc(C)c(C(F)(F)F)c3)n2)n[nH]1.Cc1nc(-c2cccc(-c3cccc(C(F)(F)F)c3)n2)n[nH]1. The van der Waals surface area contributed by atoms with Gasteiger partial charge in [0.1, 0.15) is 51.8 Å². The lowest BCUT2D eigenvalue weighted by Crippen LogP contribution is -2.07. The second kappa shape index (κ2) is 37.8. The van der Waals surface area contributed by atoms with Crippen LogP contribution in [0.1, 0.15) is 107 Å². The number of nitrogens with one attached hydrogen (secondary N) is 5. The molecule has 19 nitrogen and oxygen atoms in total. The van der Waals surface area contributed by atoms with Crippen molar-refractivity contribution in [3.8, 4) is 124 Å². The van der Waals surface area contributed by atoms with E-state index in [0.29, 0.717) is 91.5 Å². The van der Waals surface area contributed by atoms with Gasteiger partial charge in [-0.25, -0.2) is 44.9 Å². The number of rotatable bonds is 16. The van der Waals surface area contributed by atoms with Crippen LogP contribution in [0, 0.1) is 55.4 Å². The second-order valence-electron chi connectivity index (χ2n) is 27.2. The maximum absolute atomic E-state index is 13.0. The molecule has 0 aliphatic carbocycles. The third kappa shape index (κ3) is 22.8. The average Bonchev–Trinajstić information content (AvgIpc) is 1.55. The lowest BCUT2D eigenvalue weighted by molar-refractivity contribution is -0.138. The zero-order valence-electron chi connectivity index (χ0n) is 64.4. The molecule has 0 saturated heterocycles. The number of nitrogens with zero attached hydrogens (tertiary/aromatic N) is 14. The molecule has 0 saturated carbocycles. The molecule has 0 bridgehead atoms. The molecule has 0 spiro atoms. The first kappa shape index (κ1) is 84.6. The van der Waals surface area contributed by atoms with Gasteiger partial charge in [-0.3, -0.25) is 25.5 Å². The van der Waals surface area contributed by atoms with Crippen molar-refractivity contribution in [2.24, 2.45) is 0 Å². The molecular weight excluding hydrogens is 1530 g/mol. The van der Waals surface area contributed by atoms with E-state index in [1.54, 1.807) is 86.6 Å². The van der Waals surface area contributed by atoms with Crippen LogP contribution in [0.15, 0.2) is 218 Å². The molecular formula is C88H82F9N19S. The van der Waals surface area contributed by atoms with Crippen molar-refractivity contribution in [3.63, 3.8) is 0 Å². The van der Waals surface area contributed by atoms with Crippen molar-refractivity contribution in [2.75, 3.05) is 0 Å². The highest BCUT2D eigenvalue weighted by atomic mass is 32.1.